The van der Waals surface area contributed by atoms with Crippen LogP contribution in [0.3, 0.4) is 0 Å². The van der Waals surface area contributed by atoms with Gasteiger partial charge in [-0.3, -0.25) is 0 Å². The third-order valence-corrected chi connectivity index (χ3v) is 1.48. The number of nitrogens with two attached hydrogens (primary N) is 2. The molecule has 0 aromatic heterocycles. The Morgan fingerprint density at radius 3 is 2.79 bits per heavy atom. The highest BCUT2D eigenvalue weighted by Crippen LogP contribution is 1.89. The molecule has 0 aliphatic carbocycles. The number of rotatable bonds is 6. The number of primary amides is 1. The number of oxime groups is 1. The molecule has 0 bridgehead atoms. The zero-order chi connectivity index (χ0) is 11.0. The van der Waals surface area contributed by atoms with Gasteiger partial charge in [0.05, 0.1) is 0 Å². The van der Waals surface area contributed by atoms with E-state index in [1.54, 1.807) is 0 Å². The summed E-state index contributed by atoms with van der Waals surface area (Å²) >= 11 is 0. The Balaban J connectivity index is 3.44. The summed E-state index contributed by atoms with van der Waals surface area (Å²) in [6, 6.07) is 0.0439. The predicted octanol–water partition coefficient (Wildman–Crippen LogP) is -0.804. The molecule has 6 N–H and O–H groups in total. The van der Waals surface area contributed by atoms with Gasteiger partial charge in [0.25, 0.3) is 0 Å². The van der Waals surface area contributed by atoms with Crippen LogP contribution in [0.1, 0.15) is 13.3 Å². The van der Waals surface area contributed by atoms with Crippen molar-refractivity contribution in [3.8, 4) is 0 Å². The fourth-order valence-electron chi connectivity index (χ4n) is 0.884. The Morgan fingerprint density at radius 1 is 1.64 bits per heavy atom. The van der Waals surface area contributed by atoms with E-state index in [2.05, 4.69) is 15.2 Å². The highest BCUT2D eigenvalue weighted by Gasteiger charge is 2.03. The molecule has 0 heterocycles. The number of nitrogens with zero attached hydrogens (tertiary/aromatic N) is 1. The Hall–Kier alpha value is -1.50. The molecule has 14 heavy (non-hydrogen) atoms. The fraction of sp³-hybridized carbons (Fsp3) is 0.714. The second-order valence-corrected chi connectivity index (χ2v) is 2.82. The standard InChI is InChI=1S/C7H16N4O3/c1-5(4-6(8)11-13)10-2-3-14-7(9)12/h5,10,13H,2-4H2,1H3,(H2,8,11)(H2,9,12). The predicted molar refractivity (Wildman–Crippen MR) is 51.0 cm³/mol. The minimum absolute atomic E-state index is 0.0439. The molecule has 0 aliphatic heterocycles. The molecule has 7 heteroatoms. The van der Waals surface area contributed by atoms with E-state index in [4.69, 9.17) is 16.7 Å². The number of carbonyl (C=O) groups is 1. The van der Waals surface area contributed by atoms with E-state index in [1.807, 2.05) is 6.92 Å². The van der Waals surface area contributed by atoms with Crippen molar-refractivity contribution in [3.63, 3.8) is 0 Å². The summed E-state index contributed by atoms with van der Waals surface area (Å²) in [4.78, 5) is 10.2. The minimum atomic E-state index is -0.795. The van der Waals surface area contributed by atoms with Crippen molar-refractivity contribution in [2.75, 3.05) is 13.2 Å². The molecule has 82 valence electrons. The number of amidine groups is 1. The van der Waals surface area contributed by atoms with Gasteiger partial charge in [0.1, 0.15) is 12.4 Å². The van der Waals surface area contributed by atoms with Crippen LogP contribution in [0.2, 0.25) is 0 Å². The monoisotopic (exact) mass is 204 g/mol. The van der Waals surface area contributed by atoms with Gasteiger partial charge in [0, 0.05) is 19.0 Å². The van der Waals surface area contributed by atoms with E-state index in [1.165, 1.54) is 0 Å². The van der Waals surface area contributed by atoms with Crippen molar-refractivity contribution in [2.45, 2.75) is 19.4 Å². The molecule has 0 aromatic rings. The number of nitrogens with one attached hydrogen (secondary N) is 1. The van der Waals surface area contributed by atoms with Gasteiger partial charge in [-0.05, 0) is 6.92 Å². The van der Waals surface area contributed by atoms with Crippen LogP contribution < -0.4 is 16.8 Å². The maximum absolute atomic E-state index is 10.2. The molecule has 1 atom stereocenters. The Kier molecular flexibility index (Phi) is 6.21. The number of ether oxygens (including phenoxy) is 1. The summed E-state index contributed by atoms with van der Waals surface area (Å²) in [5.41, 5.74) is 10.0. The summed E-state index contributed by atoms with van der Waals surface area (Å²) in [6.07, 6.45) is -0.372. The number of carbonyl (C=O) groups excluding carboxylic acids is 1. The largest absolute Gasteiger partial charge is 0.448 e. The molecule has 0 saturated carbocycles. The van der Waals surface area contributed by atoms with Crippen LogP contribution in [-0.4, -0.2) is 36.3 Å². The van der Waals surface area contributed by atoms with Crippen molar-refractivity contribution < 1.29 is 14.7 Å². The molecule has 0 aliphatic rings. The highest BCUT2D eigenvalue weighted by molar-refractivity contribution is 5.80. The molecule has 1 unspecified atom stereocenters. The molecule has 0 aromatic carbocycles. The van der Waals surface area contributed by atoms with Crippen LogP contribution in [0.25, 0.3) is 0 Å². The summed E-state index contributed by atoms with van der Waals surface area (Å²) < 4.78 is 4.49. The summed E-state index contributed by atoms with van der Waals surface area (Å²) in [6.45, 7) is 2.54. The van der Waals surface area contributed by atoms with Crippen molar-refractivity contribution in [3.05, 3.63) is 0 Å². The van der Waals surface area contributed by atoms with Gasteiger partial charge in [-0.1, -0.05) is 5.16 Å². The summed E-state index contributed by atoms with van der Waals surface area (Å²) in [5, 5.41) is 14.1. The lowest BCUT2D eigenvalue weighted by molar-refractivity contribution is 0.156. The molecule has 0 radical (unpaired) electrons. The van der Waals surface area contributed by atoms with E-state index in [0.29, 0.717) is 13.0 Å². The lowest BCUT2D eigenvalue weighted by Crippen LogP contribution is -2.34. The molecule has 0 fully saturated rings. The molecule has 7 nitrogen and oxygen atoms in total. The van der Waals surface area contributed by atoms with E-state index in [0.717, 1.165) is 0 Å². The Labute approximate surface area is 82.1 Å². The molecule has 0 saturated heterocycles. The Morgan fingerprint density at radius 2 is 2.29 bits per heavy atom. The first-order valence-corrected chi connectivity index (χ1v) is 4.18. The molecular formula is C7H16N4O3. The van der Waals surface area contributed by atoms with E-state index in [9.17, 15) is 4.79 Å². The fourth-order valence-corrected chi connectivity index (χ4v) is 0.884. The van der Waals surface area contributed by atoms with Crippen molar-refractivity contribution in [2.24, 2.45) is 16.6 Å². The van der Waals surface area contributed by atoms with Crippen molar-refractivity contribution in [1.82, 2.24) is 5.32 Å². The van der Waals surface area contributed by atoms with Crippen LogP contribution >= 0.6 is 0 Å². The second-order valence-electron chi connectivity index (χ2n) is 2.82. The van der Waals surface area contributed by atoms with Crippen LogP contribution in [0.4, 0.5) is 4.79 Å². The first-order valence-electron chi connectivity index (χ1n) is 4.18. The third-order valence-electron chi connectivity index (χ3n) is 1.48. The van der Waals surface area contributed by atoms with Gasteiger partial charge in [-0.25, -0.2) is 4.79 Å². The Bertz CT molecular complexity index is 207. The molecule has 0 rings (SSSR count). The smallest absolute Gasteiger partial charge is 0.404 e. The van der Waals surface area contributed by atoms with Crippen LogP contribution in [-0.2, 0) is 4.74 Å². The SMILES string of the molecule is CC(CC(N)=NO)NCCOC(N)=O. The van der Waals surface area contributed by atoms with Crippen molar-refractivity contribution in [1.29, 1.82) is 0 Å². The zero-order valence-corrected chi connectivity index (χ0v) is 8.06. The maximum Gasteiger partial charge on any atom is 0.404 e. The average Bonchev–Trinajstić information content (AvgIpc) is 2.12. The second kappa shape index (κ2) is 6.96. The van der Waals surface area contributed by atoms with Gasteiger partial charge >= 0.3 is 6.09 Å². The van der Waals surface area contributed by atoms with Gasteiger partial charge < -0.3 is 26.7 Å². The molecule has 1 amide bonds. The average molecular weight is 204 g/mol. The first kappa shape index (κ1) is 12.5. The van der Waals surface area contributed by atoms with Gasteiger partial charge in [0.2, 0.25) is 0 Å². The summed E-state index contributed by atoms with van der Waals surface area (Å²) in [7, 11) is 0. The van der Waals surface area contributed by atoms with Crippen LogP contribution in [0.15, 0.2) is 5.16 Å². The quantitative estimate of drug-likeness (QED) is 0.148. The van der Waals surface area contributed by atoms with Crippen molar-refractivity contribution >= 4 is 11.9 Å². The topological polar surface area (TPSA) is 123 Å². The number of hydrogen-bond donors (Lipinski definition) is 4. The third kappa shape index (κ3) is 7.17. The lowest BCUT2D eigenvalue weighted by Gasteiger charge is -2.12. The summed E-state index contributed by atoms with van der Waals surface area (Å²) in [5.74, 6) is 0.154. The van der Waals surface area contributed by atoms with Crippen LogP contribution in [0, 0.1) is 0 Å². The first-order chi connectivity index (χ1) is 6.56. The minimum Gasteiger partial charge on any atom is -0.448 e. The highest BCUT2D eigenvalue weighted by atomic mass is 16.5. The van der Waals surface area contributed by atoms with Gasteiger partial charge in [-0.15, -0.1) is 0 Å². The van der Waals surface area contributed by atoms with E-state index in [-0.39, 0.29) is 18.5 Å². The van der Waals surface area contributed by atoms with Crippen LogP contribution in [0.5, 0.6) is 0 Å². The number of amides is 1. The van der Waals surface area contributed by atoms with Gasteiger partial charge in [-0.2, -0.15) is 0 Å². The van der Waals surface area contributed by atoms with E-state index >= 15 is 0 Å². The lowest BCUT2D eigenvalue weighted by atomic mass is 10.2. The molecular weight excluding hydrogens is 188 g/mol. The van der Waals surface area contributed by atoms with Gasteiger partial charge in [0.15, 0.2) is 0 Å². The maximum atomic E-state index is 10.2. The zero-order valence-electron chi connectivity index (χ0n) is 8.06. The number of hydrogen-bond acceptors (Lipinski definition) is 5. The molecule has 0 spiro atoms. The van der Waals surface area contributed by atoms with E-state index < -0.39 is 6.09 Å². The normalized spacial score (nSPS) is 13.6.